The Morgan fingerprint density at radius 1 is 1.09 bits per heavy atom. The topological polar surface area (TPSA) is 40.5 Å². The first kappa shape index (κ1) is 13.3. The molecule has 0 amide bonds. The molecule has 0 aliphatic heterocycles. The third-order valence-electron chi connectivity index (χ3n) is 0.767. The smallest absolute Gasteiger partial charge is 0.0662 e. The van der Waals surface area contributed by atoms with E-state index in [1.807, 2.05) is 6.92 Å². The summed E-state index contributed by atoms with van der Waals surface area (Å²) in [4.78, 5) is 0. The van der Waals surface area contributed by atoms with E-state index in [4.69, 9.17) is 10.2 Å². The van der Waals surface area contributed by atoms with Gasteiger partial charge in [-0.1, -0.05) is 32.9 Å². The molecule has 0 fully saturated rings. The highest BCUT2D eigenvalue weighted by Gasteiger charge is 2.00. The SMILES string of the molecule is C/C=C/C(C)(C)C.OCCO. The van der Waals surface area contributed by atoms with E-state index in [1.54, 1.807) is 0 Å². The molecule has 0 aliphatic rings. The molecule has 0 rings (SSSR count). The Bertz CT molecular complexity index is 88.2. The lowest BCUT2D eigenvalue weighted by Gasteiger charge is -2.09. The monoisotopic (exact) mass is 160 g/mol. The molecule has 0 unspecified atom stereocenters. The first-order valence-electron chi connectivity index (χ1n) is 3.83. The van der Waals surface area contributed by atoms with Crippen molar-refractivity contribution in [3.63, 3.8) is 0 Å². The fourth-order valence-electron chi connectivity index (χ4n) is 0.500. The fraction of sp³-hybridized carbons (Fsp3) is 0.778. The zero-order valence-corrected chi connectivity index (χ0v) is 7.96. The van der Waals surface area contributed by atoms with Crippen molar-refractivity contribution >= 4 is 0 Å². The Morgan fingerprint density at radius 2 is 1.45 bits per heavy atom. The highest BCUT2D eigenvalue weighted by Crippen LogP contribution is 2.13. The maximum atomic E-state index is 7.62. The molecular formula is C9H20O2. The second-order valence-electron chi connectivity index (χ2n) is 3.31. The van der Waals surface area contributed by atoms with Crippen molar-refractivity contribution in [3.8, 4) is 0 Å². The minimum absolute atomic E-state index is 0.125. The maximum absolute atomic E-state index is 7.62. The molecule has 0 heterocycles. The number of rotatable bonds is 1. The quantitative estimate of drug-likeness (QED) is 0.572. The van der Waals surface area contributed by atoms with Crippen LogP contribution in [-0.4, -0.2) is 23.4 Å². The largest absolute Gasteiger partial charge is 0.394 e. The summed E-state index contributed by atoms with van der Waals surface area (Å²) in [5.41, 5.74) is 0.370. The van der Waals surface area contributed by atoms with Gasteiger partial charge in [0.1, 0.15) is 0 Å². The standard InChI is InChI=1S/C7H14.C2H6O2/c1-5-6-7(2,3)4;3-1-2-4/h5-6H,1-4H3;3-4H,1-2H2/b6-5+;. The minimum atomic E-state index is -0.125. The molecule has 2 heteroatoms. The predicted molar refractivity (Wildman–Crippen MR) is 48.4 cm³/mol. The molecule has 0 spiro atoms. The maximum Gasteiger partial charge on any atom is 0.0662 e. The van der Waals surface area contributed by atoms with Crippen LogP contribution in [0.1, 0.15) is 27.7 Å². The first-order chi connectivity index (χ1) is 4.97. The first-order valence-corrected chi connectivity index (χ1v) is 3.83. The molecule has 11 heavy (non-hydrogen) atoms. The average Bonchev–Trinajstić information content (AvgIpc) is 1.86. The molecule has 0 radical (unpaired) electrons. The van der Waals surface area contributed by atoms with E-state index in [0.717, 1.165) is 0 Å². The Labute approximate surface area is 69.6 Å². The van der Waals surface area contributed by atoms with Crippen molar-refractivity contribution in [1.29, 1.82) is 0 Å². The highest BCUT2D eigenvalue weighted by molar-refractivity contribution is 4.88. The summed E-state index contributed by atoms with van der Waals surface area (Å²) < 4.78 is 0. The summed E-state index contributed by atoms with van der Waals surface area (Å²) in [5, 5.41) is 15.2. The van der Waals surface area contributed by atoms with Crippen molar-refractivity contribution in [2.45, 2.75) is 27.7 Å². The Kier molecular flexibility index (Phi) is 9.36. The Balaban J connectivity index is 0. The normalized spacial score (nSPS) is 11.1. The van der Waals surface area contributed by atoms with Gasteiger partial charge in [0.25, 0.3) is 0 Å². The summed E-state index contributed by atoms with van der Waals surface area (Å²) in [6.07, 6.45) is 4.27. The van der Waals surface area contributed by atoms with Crippen molar-refractivity contribution in [2.75, 3.05) is 13.2 Å². The third-order valence-corrected chi connectivity index (χ3v) is 0.767. The molecule has 68 valence electrons. The zero-order chi connectivity index (χ0) is 9.33. The van der Waals surface area contributed by atoms with Crippen LogP contribution in [0.4, 0.5) is 0 Å². The van der Waals surface area contributed by atoms with Gasteiger partial charge in [-0.15, -0.1) is 0 Å². The molecule has 0 aromatic carbocycles. The van der Waals surface area contributed by atoms with Crippen molar-refractivity contribution in [1.82, 2.24) is 0 Å². The van der Waals surface area contributed by atoms with Crippen molar-refractivity contribution in [2.24, 2.45) is 5.41 Å². The van der Waals surface area contributed by atoms with Crippen LogP contribution in [0.3, 0.4) is 0 Å². The van der Waals surface area contributed by atoms with Gasteiger partial charge < -0.3 is 10.2 Å². The average molecular weight is 160 g/mol. The fourth-order valence-corrected chi connectivity index (χ4v) is 0.500. The molecule has 0 bridgehead atoms. The van der Waals surface area contributed by atoms with Gasteiger partial charge in [0.05, 0.1) is 13.2 Å². The van der Waals surface area contributed by atoms with Gasteiger partial charge in [0.15, 0.2) is 0 Å². The number of hydrogen-bond acceptors (Lipinski definition) is 2. The number of allylic oxidation sites excluding steroid dienone is 2. The van der Waals surface area contributed by atoms with E-state index in [2.05, 4.69) is 32.9 Å². The summed E-state index contributed by atoms with van der Waals surface area (Å²) >= 11 is 0. The van der Waals surface area contributed by atoms with Crippen LogP contribution in [0, 0.1) is 5.41 Å². The van der Waals surface area contributed by atoms with Crippen LogP contribution in [-0.2, 0) is 0 Å². The van der Waals surface area contributed by atoms with Gasteiger partial charge in [0.2, 0.25) is 0 Å². The van der Waals surface area contributed by atoms with Crippen LogP contribution in [0.15, 0.2) is 12.2 Å². The molecular weight excluding hydrogens is 140 g/mol. The van der Waals surface area contributed by atoms with Gasteiger partial charge >= 0.3 is 0 Å². The van der Waals surface area contributed by atoms with E-state index < -0.39 is 0 Å². The number of aliphatic hydroxyl groups is 2. The van der Waals surface area contributed by atoms with E-state index in [-0.39, 0.29) is 13.2 Å². The molecule has 0 saturated carbocycles. The lowest BCUT2D eigenvalue weighted by Crippen LogP contribution is -1.97. The van der Waals surface area contributed by atoms with E-state index in [0.29, 0.717) is 5.41 Å². The van der Waals surface area contributed by atoms with Crippen molar-refractivity contribution < 1.29 is 10.2 Å². The summed E-state index contributed by atoms with van der Waals surface area (Å²) in [6.45, 7) is 8.36. The third kappa shape index (κ3) is 26.1. The predicted octanol–water partition coefficient (Wildman–Crippen LogP) is 1.58. The van der Waals surface area contributed by atoms with Crippen LogP contribution >= 0.6 is 0 Å². The van der Waals surface area contributed by atoms with Gasteiger partial charge in [0, 0.05) is 0 Å². The second-order valence-corrected chi connectivity index (χ2v) is 3.31. The lowest BCUT2D eigenvalue weighted by atomic mass is 9.97. The zero-order valence-electron chi connectivity index (χ0n) is 7.96. The molecule has 0 aromatic rings. The van der Waals surface area contributed by atoms with Gasteiger partial charge in [-0.3, -0.25) is 0 Å². The summed E-state index contributed by atoms with van der Waals surface area (Å²) in [6, 6.07) is 0. The van der Waals surface area contributed by atoms with Crippen molar-refractivity contribution in [3.05, 3.63) is 12.2 Å². The Hall–Kier alpha value is -0.340. The van der Waals surface area contributed by atoms with Crippen LogP contribution in [0.2, 0.25) is 0 Å². The second kappa shape index (κ2) is 7.76. The number of hydrogen-bond donors (Lipinski definition) is 2. The minimum Gasteiger partial charge on any atom is -0.394 e. The van der Waals surface area contributed by atoms with E-state index in [9.17, 15) is 0 Å². The molecule has 2 nitrogen and oxygen atoms in total. The number of aliphatic hydroxyl groups excluding tert-OH is 2. The highest BCUT2D eigenvalue weighted by atomic mass is 16.3. The Morgan fingerprint density at radius 3 is 1.45 bits per heavy atom. The summed E-state index contributed by atoms with van der Waals surface area (Å²) in [5.74, 6) is 0. The van der Waals surface area contributed by atoms with Gasteiger partial charge in [-0.05, 0) is 12.3 Å². The molecule has 0 saturated heterocycles. The molecule has 2 N–H and O–H groups in total. The summed E-state index contributed by atoms with van der Waals surface area (Å²) in [7, 11) is 0. The van der Waals surface area contributed by atoms with Gasteiger partial charge in [-0.2, -0.15) is 0 Å². The van der Waals surface area contributed by atoms with Crippen LogP contribution < -0.4 is 0 Å². The lowest BCUT2D eigenvalue weighted by molar-refractivity contribution is 0.186. The van der Waals surface area contributed by atoms with E-state index >= 15 is 0 Å². The van der Waals surface area contributed by atoms with Gasteiger partial charge in [-0.25, -0.2) is 0 Å². The molecule has 0 aromatic heterocycles. The van der Waals surface area contributed by atoms with E-state index in [1.165, 1.54) is 0 Å². The van der Waals surface area contributed by atoms with Crippen LogP contribution in [0.25, 0.3) is 0 Å². The molecule has 0 atom stereocenters. The van der Waals surface area contributed by atoms with Crippen LogP contribution in [0.5, 0.6) is 0 Å². The molecule has 0 aliphatic carbocycles.